The van der Waals surface area contributed by atoms with Crippen molar-refractivity contribution in [2.45, 2.75) is 51.0 Å². The van der Waals surface area contributed by atoms with Gasteiger partial charge in [0, 0.05) is 31.6 Å². The summed E-state index contributed by atoms with van der Waals surface area (Å²) in [6, 6.07) is 10.7. The summed E-state index contributed by atoms with van der Waals surface area (Å²) >= 11 is 1.47. The van der Waals surface area contributed by atoms with Crippen LogP contribution in [-0.4, -0.2) is 47.3 Å². The van der Waals surface area contributed by atoms with Gasteiger partial charge in [0.05, 0.1) is 4.88 Å². The van der Waals surface area contributed by atoms with Crippen LogP contribution in [0.25, 0.3) is 0 Å². The molecule has 2 aromatic rings. The molecular formula is C24H29FN2O2S. The van der Waals surface area contributed by atoms with Crippen molar-refractivity contribution < 1.29 is 14.0 Å². The number of nitrogens with zero attached hydrogens (tertiary/aromatic N) is 2. The maximum atomic E-state index is 13.4. The van der Waals surface area contributed by atoms with Gasteiger partial charge in [-0.1, -0.05) is 31.0 Å². The highest BCUT2D eigenvalue weighted by Crippen LogP contribution is 2.28. The van der Waals surface area contributed by atoms with Gasteiger partial charge in [-0.3, -0.25) is 9.59 Å². The molecule has 1 aromatic heterocycles. The molecule has 2 aliphatic rings. The minimum absolute atomic E-state index is 0.00814. The highest BCUT2D eigenvalue weighted by atomic mass is 32.1. The first-order valence-electron chi connectivity index (χ1n) is 11.0. The zero-order valence-corrected chi connectivity index (χ0v) is 18.1. The van der Waals surface area contributed by atoms with Crippen molar-refractivity contribution in [3.05, 3.63) is 58.0 Å². The Morgan fingerprint density at radius 2 is 1.73 bits per heavy atom. The van der Waals surface area contributed by atoms with Gasteiger partial charge >= 0.3 is 0 Å². The molecule has 1 aliphatic heterocycles. The number of thiophene rings is 1. The number of carbonyl (C=O) groups excluding carboxylic acids is 2. The molecule has 6 heteroatoms. The Bertz CT molecular complexity index is 839. The van der Waals surface area contributed by atoms with Crippen molar-refractivity contribution in [3.8, 4) is 0 Å². The molecule has 1 aromatic carbocycles. The normalized spacial score (nSPS) is 18.0. The number of hydrogen-bond donors (Lipinski definition) is 0. The summed E-state index contributed by atoms with van der Waals surface area (Å²) in [6.45, 7) is 1.97. The van der Waals surface area contributed by atoms with E-state index in [1.54, 1.807) is 12.1 Å². The highest BCUT2D eigenvalue weighted by molar-refractivity contribution is 7.12. The second-order valence-corrected chi connectivity index (χ2v) is 9.34. The SMILES string of the molecule is O=C(c1cccs1)N1CCC(C(=O)N(CCc2ccc(F)cc2)C2CCCC2)CC1. The smallest absolute Gasteiger partial charge is 0.263 e. The molecule has 2 heterocycles. The van der Waals surface area contributed by atoms with Crippen LogP contribution in [0.15, 0.2) is 41.8 Å². The average Bonchev–Trinajstić information content (AvgIpc) is 3.49. The number of amides is 2. The molecule has 0 N–H and O–H groups in total. The van der Waals surface area contributed by atoms with Crippen LogP contribution < -0.4 is 0 Å². The molecule has 30 heavy (non-hydrogen) atoms. The molecule has 2 fully saturated rings. The van der Waals surface area contributed by atoms with Gasteiger partial charge < -0.3 is 9.80 Å². The van der Waals surface area contributed by atoms with Crippen molar-refractivity contribution in [1.82, 2.24) is 9.80 Å². The van der Waals surface area contributed by atoms with Crippen molar-refractivity contribution in [1.29, 1.82) is 0 Å². The first-order valence-corrected chi connectivity index (χ1v) is 11.9. The Labute approximate surface area is 181 Å². The maximum Gasteiger partial charge on any atom is 0.263 e. The molecule has 0 radical (unpaired) electrons. The fourth-order valence-electron chi connectivity index (χ4n) is 4.71. The third-order valence-corrected chi connectivity index (χ3v) is 7.32. The fraction of sp³-hybridized carbons (Fsp3) is 0.500. The Morgan fingerprint density at radius 3 is 2.37 bits per heavy atom. The van der Waals surface area contributed by atoms with Gasteiger partial charge in [-0.15, -0.1) is 11.3 Å². The van der Waals surface area contributed by atoms with Gasteiger partial charge in [0.2, 0.25) is 5.91 Å². The van der Waals surface area contributed by atoms with Crippen LogP contribution in [0.3, 0.4) is 0 Å². The van der Waals surface area contributed by atoms with Gasteiger partial charge in [-0.2, -0.15) is 0 Å². The lowest BCUT2D eigenvalue weighted by atomic mass is 9.94. The molecular weight excluding hydrogens is 399 g/mol. The zero-order chi connectivity index (χ0) is 20.9. The Morgan fingerprint density at radius 1 is 1.03 bits per heavy atom. The predicted octanol–water partition coefficient (Wildman–Crippen LogP) is 4.75. The minimum atomic E-state index is -0.230. The molecule has 160 valence electrons. The number of piperidine rings is 1. The molecule has 0 bridgehead atoms. The molecule has 1 saturated carbocycles. The van der Waals surface area contributed by atoms with E-state index in [4.69, 9.17) is 0 Å². The van der Waals surface area contributed by atoms with Gasteiger partial charge in [-0.25, -0.2) is 4.39 Å². The lowest BCUT2D eigenvalue weighted by molar-refractivity contribution is -0.139. The number of hydrogen-bond acceptors (Lipinski definition) is 3. The zero-order valence-electron chi connectivity index (χ0n) is 17.3. The van der Waals surface area contributed by atoms with Crippen LogP contribution >= 0.6 is 11.3 Å². The van der Waals surface area contributed by atoms with E-state index in [-0.39, 0.29) is 23.5 Å². The van der Waals surface area contributed by atoms with Crippen LogP contribution in [0, 0.1) is 11.7 Å². The van der Waals surface area contributed by atoms with Crippen LogP contribution in [0.2, 0.25) is 0 Å². The summed E-state index contributed by atoms with van der Waals surface area (Å²) in [4.78, 5) is 30.8. The van der Waals surface area contributed by atoms with Crippen molar-refractivity contribution in [3.63, 3.8) is 0 Å². The van der Waals surface area contributed by atoms with E-state index in [2.05, 4.69) is 4.90 Å². The molecule has 0 unspecified atom stereocenters. The molecule has 1 saturated heterocycles. The van der Waals surface area contributed by atoms with Crippen molar-refractivity contribution >= 4 is 23.2 Å². The summed E-state index contributed by atoms with van der Waals surface area (Å²) < 4.78 is 13.2. The lowest BCUT2D eigenvalue weighted by Gasteiger charge is -2.36. The van der Waals surface area contributed by atoms with Crippen LogP contribution in [-0.2, 0) is 11.2 Å². The van der Waals surface area contributed by atoms with E-state index in [1.807, 2.05) is 22.4 Å². The lowest BCUT2D eigenvalue weighted by Crippen LogP contribution is -2.47. The summed E-state index contributed by atoms with van der Waals surface area (Å²) in [6.07, 6.45) is 6.72. The van der Waals surface area contributed by atoms with E-state index in [0.29, 0.717) is 25.7 Å². The summed E-state index contributed by atoms with van der Waals surface area (Å²) in [5.74, 6) is 0.0876. The number of halogens is 1. The second kappa shape index (κ2) is 9.73. The largest absolute Gasteiger partial charge is 0.339 e. The first kappa shape index (κ1) is 21.0. The van der Waals surface area contributed by atoms with Crippen LogP contribution in [0.4, 0.5) is 4.39 Å². The summed E-state index contributed by atoms with van der Waals surface area (Å²) in [5, 5.41) is 1.92. The molecule has 0 spiro atoms. The highest BCUT2D eigenvalue weighted by Gasteiger charge is 2.34. The quantitative estimate of drug-likeness (QED) is 0.666. The number of benzene rings is 1. The van der Waals surface area contributed by atoms with Crippen molar-refractivity contribution in [2.75, 3.05) is 19.6 Å². The topological polar surface area (TPSA) is 40.6 Å². The fourth-order valence-corrected chi connectivity index (χ4v) is 5.40. The van der Waals surface area contributed by atoms with Gasteiger partial charge in [-0.05, 0) is 61.2 Å². The predicted molar refractivity (Wildman–Crippen MR) is 117 cm³/mol. The third kappa shape index (κ3) is 4.91. The second-order valence-electron chi connectivity index (χ2n) is 8.39. The Kier molecular flexibility index (Phi) is 6.82. The maximum absolute atomic E-state index is 13.4. The van der Waals surface area contributed by atoms with Crippen LogP contribution in [0.1, 0.15) is 53.8 Å². The van der Waals surface area contributed by atoms with Gasteiger partial charge in [0.1, 0.15) is 5.82 Å². The Balaban J connectivity index is 1.36. The van der Waals surface area contributed by atoms with E-state index in [0.717, 1.165) is 42.5 Å². The minimum Gasteiger partial charge on any atom is -0.339 e. The first-order chi connectivity index (χ1) is 14.6. The molecule has 0 atom stereocenters. The summed E-state index contributed by atoms with van der Waals surface area (Å²) in [7, 11) is 0. The van der Waals surface area contributed by atoms with Gasteiger partial charge in [0.15, 0.2) is 0 Å². The van der Waals surface area contributed by atoms with Crippen LogP contribution in [0.5, 0.6) is 0 Å². The van der Waals surface area contributed by atoms with E-state index in [9.17, 15) is 14.0 Å². The Hall–Kier alpha value is -2.21. The molecule has 4 rings (SSSR count). The standard InChI is InChI=1S/C24H29FN2O2S/c25-20-9-7-18(8-10-20)11-16-27(21-4-1-2-5-21)23(28)19-12-14-26(15-13-19)24(29)22-6-3-17-30-22/h3,6-10,17,19,21H,1-2,4-5,11-16H2. The molecule has 2 amide bonds. The van der Waals surface area contributed by atoms with E-state index in [1.165, 1.54) is 36.3 Å². The summed E-state index contributed by atoms with van der Waals surface area (Å²) in [5.41, 5.74) is 1.06. The average molecular weight is 429 g/mol. The monoisotopic (exact) mass is 428 g/mol. The van der Waals surface area contributed by atoms with Gasteiger partial charge in [0.25, 0.3) is 5.91 Å². The number of rotatable bonds is 6. The number of carbonyl (C=O) groups is 2. The van der Waals surface area contributed by atoms with E-state index >= 15 is 0 Å². The molecule has 1 aliphatic carbocycles. The third-order valence-electron chi connectivity index (χ3n) is 6.47. The van der Waals surface area contributed by atoms with E-state index < -0.39 is 0 Å². The molecule has 4 nitrogen and oxygen atoms in total. The number of likely N-dealkylation sites (tertiary alicyclic amines) is 1. The van der Waals surface area contributed by atoms with Crippen molar-refractivity contribution in [2.24, 2.45) is 5.92 Å².